The van der Waals surface area contributed by atoms with Gasteiger partial charge in [0.25, 0.3) is 5.91 Å². The van der Waals surface area contributed by atoms with E-state index in [1.165, 1.54) is 48.2 Å². The Balaban J connectivity index is 1.18. The van der Waals surface area contributed by atoms with E-state index in [0.717, 1.165) is 36.0 Å². The van der Waals surface area contributed by atoms with Crippen molar-refractivity contribution in [3.63, 3.8) is 0 Å². The number of fused-ring (bicyclic) bond motifs is 4. The number of piperidine rings is 3. The van der Waals surface area contributed by atoms with Gasteiger partial charge in [-0.05, 0) is 85.1 Å². The van der Waals surface area contributed by atoms with Gasteiger partial charge in [-0.25, -0.2) is 0 Å². The minimum atomic E-state index is -0.134. The summed E-state index contributed by atoms with van der Waals surface area (Å²) in [4.78, 5) is 18.3. The van der Waals surface area contributed by atoms with Gasteiger partial charge in [-0.1, -0.05) is 18.2 Å². The molecule has 1 aromatic heterocycles. The van der Waals surface area contributed by atoms with Crippen molar-refractivity contribution in [2.24, 2.45) is 13.0 Å². The summed E-state index contributed by atoms with van der Waals surface area (Å²) in [7, 11) is 1.98. The molecule has 6 heterocycles. The molecule has 1 amide bonds. The fourth-order valence-electron chi connectivity index (χ4n) is 6.88. The van der Waals surface area contributed by atoms with Gasteiger partial charge in [0.05, 0.1) is 19.8 Å². The Morgan fingerprint density at radius 2 is 1.97 bits per heavy atom. The molecule has 7 nitrogen and oxygen atoms in total. The molecule has 5 aliphatic heterocycles. The summed E-state index contributed by atoms with van der Waals surface area (Å²) < 4.78 is 7.66. The number of carbonyl (C=O) groups excluding carboxylic acids is 1. The van der Waals surface area contributed by atoms with E-state index in [-0.39, 0.29) is 11.3 Å². The summed E-state index contributed by atoms with van der Waals surface area (Å²) in [6.45, 7) is 7.72. The minimum Gasteiger partial charge on any atom is -0.379 e. The molecular weight excluding hydrogens is 450 g/mol. The first-order valence-corrected chi connectivity index (χ1v) is 13.2. The van der Waals surface area contributed by atoms with Crippen LogP contribution in [0.15, 0.2) is 42.7 Å². The predicted octanol–water partition coefficient (Wildman–Crippen LogP) is 3.60. The van der Waals surface area contributed by atoms with Crippen molar-refractivity contribution < 1.29 is 9.53 Å². The number of anilines is 1. The number of hydrogen-bond acceptors (Lipinski definition) is 5. The van der Waals surface area contributed by atoms with Gasteiger partial charge >= 0.3 is 0 Å². The highest BCUT2D eigenvalue weighted by Crippen LogP contribution is 2.42. The Bertz CT molecular complexity index is 1340. The van der Waals surface area contributed by atoms with Crippen molar-refractivity contribution >= 4 is 11.6 Å². The fraction of sp³-hybridized carbons (Fsp3) is 0.483. The molecular formula is C29H33N5O2. The van der Waals surface area contributed by atoms with Crippen molar-refractivity contribution in [3.8, 4) is 0 Å². The monoisotopic (exact) mass is 483 g/mol. The molecule has 0 saturated carbocycles. The minimum absolute atomic E-state index is 0.126. The van der Waals surface area contributed by atoms with Crippen LogP contribution in [0.5, 0.6) is 0 Å². The second-order valence-corrected chi connectivity index (χ2v) is 11.4. The number of aryl methyl sites for hydroxylation is 2. The standard InChI is InChI=1S/C29H33N5O2/c1-19-10-21(26-14-33-8-6-20(26)7-9-33)11-24-25(19)15-34(28(24)35)23-5-3-4-22(12-23)29(16-36-17-29)13-27-31-30-18-32(27)2/h3-5,10-12,18,20,26H,6-9,13-17H2,1-2H3. The van der Waals surface area contributed by atoms with Gasteiger partial charge in [0.1, 0.15) is 12.2 Å². The summed E-state index contributed by atoms with van der Waals surface area (Å²) in [5, 5.41) is 8.36. The quantitative estimate of drug-likeness (QED) is 0.555. The molecule has 3 aromatic rings. The molecule has 0 N–H and O–H groups in total. The lowest BCUT2D eigenvalue weighted by Crippen LogP contribution is -2.49. The number of amides is 1. The van der Waals surface area contributed by atoms with Crippen LogP contribution in [0.3, 0.4) is 0 Å². The third-order valence-corrected chi connectivity index (χ3v) is 9.20. The molecule has 1 atom stereocenters. The molecule has 4 fully saturated rings. The number of benzene rings is 2. The van der Waals surface area contributed by atoms with E-state index in [1.54, 1.807) is 6.33 Å². The number of ether oxygens (including phenoxy) is 1. The van der Waals surface area contributed by atoms with Crippen LogP contribution in [0.1, 0.15) is 57.2 Å². The molecule has 0 aliphatic carbocycles. The van der Waals surface area contributed by atoms with Gasteiger partial charge in [-0.15, -0.1) is 10.2 Å². The highest BCUT2D eigenvalue weighted by Gasteiger charge is 2.42. The van der Waals surface area contributed by atoms with Gasteiger partial charge in [0.15, 0.2) is 0 Å². The second kappa shape index (κ2) is 8.25. The molecule has 36 heavy (non-hydrogen) atoms. The molecule has 0 spiro atoms. The summed E-state index contributed by atoms with van der Waals surface area (Å²) in [5.74, 6) is 2.39. The normalized spacial score (nSPS) is 26.2. The van der Waals surface area contributed by atoms with Gasteiger partial charge in [0.2, 0.25) is 0 Å². The van der Waals surface area contributed by atoms with Crippen LogP contribution in [0, 0.1) is 12.8 Å². The zero-order valence-electron chi connectivity index (χ0n) is 21.1. The molecule has 7 heteroatoms. The average molecular weight is 484 g/mol. The van der Waals surface area contributed by atoms with Crippen molar-refractivity contribution in [1.82, 2.24) is 19.7 Å². The maximum Gasteiger partial charge on any atom is 0.258 e. The van der Waals surface area contributed by atoms with E-state index in [2.05, 4.69) is 58.4 Å². The molecule has 5 aliphatic rings. The number of aromatic nitrogens is 3. The van der Waals surface area contributed by atoms with Crippen LogP contribution in [0.4, 0.5) is 5.69 Å². The second-order valence-electron chi connectivity index (χ2n) is 11.4. The van der Waals surface area contributed by atoms with Crippen LogP contribution in [-0.4, -0.2) is 58.4 Å². The van der Waals surface area contributed by atoms with E-state index >= 15 is 0 Å². The van der Waals surface area contributed by atoms with E-state index in [9.17, 15) is 4.79 Å². The first-order chi connectivity index (χ1) is 17.5. The zero-order valence-corrected chi connectivity index (χ0v) is 21.1. The van der Waals surface area contributed by atoms with Gasteiger partial charge in [0, 0.05) is 36.7 Å². The molecule has 2 aromatic carbocycles. The van der Waals surface area contributed by atoms with E-state index in [0.29, 0.717) is 25.7 Å². The third-order valence-electron chi connectivity index (χ3n) is 9.20. The predicted molar refractivity (Wildman–Crippen MR) is 137 cm³/mol. The van der Waals surface area contributed by atoms with E-state index in [4.69, 9.17) is 4.74 Å². The Labute approximate surface area is 212 Å². The number of carbonyl (C=O) groups is 1. The molecule has 4 saturated heterocycles. The molecule has 186 valence electrons. The molecule has 2 bridgehead atoms. The topological polar surface area (TPSA) is 63.5 Å². The smallest absolute Gasteiger partial charge is 0.258 e. The van der Waals surface area contributed by atoms with E-state index in [1.807, 2.05) is 16.5 Å². The lowest BCUT2D eigenvalue weighted by Gasteiger charge is -2.45. The highest BCUT2D eigenvalue weighted by molar-refractivity contribution is 6.10. The first kappa shape index (κ1) is 22.2. The van der Waals surface area contributed by atoms with Gasteiger partial charge < -0.3 is 19.1 Å². The van der Waals surface area contributed by atoms with Crippen LogP contribution in [0.2, 0.25) is 0 Å². The maximum atomic E-state index is 13.8. The number of rotatable bonds is 5. The van der Waals surface area contributed by atoms with Crippen molar-refractivity contribution in [3.05, 3.63) is 76.4 Å². The fourth-order valence-corrected chi connectivity index (χ4v) is 6.88. The largest absolute Gasteiger partial charge is 0.379 e. The average Bonchev–Trinajstić information content (AvgIpc) is 3.44. The Kier molecular flexibility index (Phi) is 5.08. The van der Waals surface area contributed by atoms with Crippen molar-refractivity contribution in [1.29, 1.82) is 0 Å². The highest BCUT2D eigenvalue weighted by atomic mass is 16.5. The Hall–Kier alpha value is -3.03. The third kappa shape index (κ3) is 3.44. The molecule has 8 rings (SSSR count). The Morgan fingerprint density at radius 1 is 1.14 bits per heavy atom. The molecule has 1 unspecified atom stereocenters. The Morgan fingerprint density at radius 3 is 2.64 bits per heavy atom. The SMILES string of the molecule is Cc1cc(C2CN3CCC2CC3)cc2c1CN(c1cccc(C3(Cc4nncn4C)COC3)c1)C2=O. The van der Waals surface area contributed by atoms with Crippen LogP contribution in [0.25, 0.3) is 0 Å². The molecule has 0 radical (unpaired) electrons. The number of hydrogen-bond donors (Lipinski definition) is 0. The number of nitrogens with zero attached hydrogens (tertiary/aromatic N) is 5. The summed E-state index contributed by atoms with van der Waals surface area (Å²) in [5.41, 5.74) is 6.70. The maximum absolute atomic E-state index is 13.8. The van der Waals surface area contributed by atoms with Crippen LogP contribution in [-0.2, 0) is 30.2 Å². The first-order valence-electron chi connectivity index (χ1n) is 13.2. The lowest BCUT2D eigenvalue weighted by atomic mass is 9.75. The lowest BCUT2D eigenvalue weighted by molar-refractivity contribution is -0.0611. The summed E-state index contributed by atoms with van der Waals surface area (Å²) in [6.07, 6.45) is 5.08. The summed E-state index contributed by atoms with van der Waals surface area (Å²) in [6, 6.07) is 13.1. The summed E-state index contributed by atoms with van der Waals surface area (Å²) >= 11 is 0. The van der Waals surface area contributed by atoms with Crippen molar-refractivity contribution in [2.75, 3.05) is 37.7 Å². The van der Waals surface area contributed by atoms with Gasteiger partial charge in [-0.2, -0.15) is 0 Å². The van der Waals surface area contributed by atoms with Crippen molar-refractivity contribution in [2.45, 2.75) is 44.1 Å². The zero-order chi connectivity index (χ0) is 24.4. The van der Waals surface area contributed by atoms with E-state index < -0.39 is 0 Å². The van der Waals surface area contributed by atoms with Crippen LogP contribution >= 0.6 is 0 Å². The van der Waals surface area contributed by atoms with Crippen LogP contribution < -0.4 is 4.90 Å². The van der Waals surface area contributed by atoms with Gasteiger partial charge in [-0.3, -0.25) is 4.79 Å².